The molecule has 1 aromatic rings. The zero-order chi connectivity index (χ0) is 19.9. The number of nitrogens with one attached hydrogen (secondary N) is 1. The minimum atomic E-state index is -0.733. The Labute approximate surface area is 164 Å². The summed E-state index contributed by atoms with van der Waals surface area (Å²) in [4.78, 5) is 37.0. The zero-order valence-corrected chi connectivity index (χ0v) is 16.0. The van der Waals surface area contributed by atoms with E-state index in [0.717, 1.165) is 38.8 Å². The number of ether oxygens (including phenoxy) is 1. The number of benzene rings is 1. The third-order valence-electron chi connectivity index (χ3n) is 5.50. The normalized spacial score (nSPS) is 17.4. The van der Waals surface area contributed by atoms with E-state index in [1.54, 1.807) is 6.07 Å². The maximum Gasteiger partial charge on any atom is 0.338 e. The molecule has 8 nitrogen and oxygen atoms in total. The molecule has 3 rings (SSSR count). The molecule has 152 valence electrons. The molecule has 1 N–H and O–H groups in total. The van der Waals surface area contributed by atoms with Crippen LogP contribution in [-0.2, 0) is 9.53 Å². The molecule has 2 fully saturated rings. The smallest absolute Gasteiger partial charge is 0.338 e. The van der Waals surface area contributed by atoms with Crippen molar-refractivity contribution in [3.63, 3.8) is 0 Å². The molecule has 28 heavy (non-hydrogen) atoms. The number of hydrogen-bond donors (Lipinski definition) is 1. The Morgan fingerprint density at radius 3 is 2.54 bits per heavy atom. The predicted molar refractivity (Wildman–Crippen MR) is 104 cm³/mol. The summed E-state index contributed by atoms with van der Waals surface area (Å²) in [5.41, 5.74) is 0.483. The molecule has 1 aliphatic carbocycles. The van der Waals surface area contributed by atoms with E-state index in [4.69, 9.17) is 4.74 Å². The van der Waals surface area contributed by atoms with Gasteiger partial charge in [0.1, 0.15) is 5.69 Å². The maximum atomic E-state index is 12.2. The SMILES string of the molecule is O=C(COC(=O)c1ccc(N2CCCC2)c([N+](=O)[O-])c1)NCC1CCCCC1. The van der Waals surface area contributed by atoms with Gasteiger partial charge in [0.2, 0.25) is 0 Å². The molecule has 1 aromatic carbocycles. The third kappa shape index (κ3) is 5.21. The lowest BCUT2D eigenvalue weighted by Crippen LogP contribution is -2.33. The lowest BCUT2D eigenvalue weighted by molar-refractivity contribution is -0.384. The Balaban J connectivity index is 1.53. The van der Waals surface area contributed by atoms with Crippen molar-refractivity contribution in [3.05, 3.63) is 33.9 Å². The summed E-state index contributed by atoms with van der Waals surface area (Å²) in [5.74, 6) is -0.583. The summed E-state index contributed by atoms with van der Waals surface area (Å²) in [7, 11) is 0. The number of nitrogens with zero attached hydrogens (tertiary/aromatic N) is 2. The highest BCUT2D eigenvalue weighted by Crippen LogP contribution is 2.31. The lowest BCUT2D eigenvalue weighted by atomic mass is 9.89. The number of carbonyl (C=O) groups is 2. The molecule has 1 saturated carbocycles. The zero-order valence-electron chi connectivity index (χ0n) is 16.0. The topological polar surface area (TPSA) is 102 Å². The van der Waals surface area contributed by atoms with Crippen LogP contribution in [0.25, 0.3) is 0 Å². The molecule has 8 heteroatoms. The fraction of sp³-hybridized carbons (Fsp3) is 0.600. The summed E-state index contributed by atoms with van der Waals surface area (Å²) in [6, 6.07) is 4.34. The predicted octanol–water partition coefficient (Wildman–Crippen LogP) is 3.05. The van der Waals surface area contributed by atoms with Crippen LogP contribution in [0.2, 0.25) is 0 Å². The Bertz CT molecular complexity index is 725. The van der Waals surface area contributed by atoms with E-state index in [-0.39, 0.29) is 23.8 Å². The Morgan fingerprint density at radius 1 is 1.14 bits per heavy atom. The second kappa shape index (κ2) is 9.52. The third-order valence-corrected chi connectivity index (χ3v) is 5.50. The van der Waals surface area contributed by atoms with Crippen LogP contribution in [0.15, 0.2) is 18.2 Å². The highest BCUT2D eigenvalue weighted by Gasteiger charge is 2.24. The van der Waals surface area contributed by atoms with Gasteiger partial charge in [0, 0.05) is 25.7 Å². The summed E-state index contributed by atoms with van der Waals surface area (Å²) in [6.07, 6.45) is 7.88. The minimum absolute atomic E-state index is 0.0785. The number of anilines is 1. The highest BCUT2D eigenvalue weighted by molar-refractivity contribution is 5.93. The first-order chi connectivity index (χ1) is 13.5. The highest BCUT2D eigenvalue weighted by atomic mass is 16.6. The Hall–Kier alpha value is -2.64. The molecule has 1 saturated heterocycles. The Morgan fingerprint density at radius 2 is 1.86 bits per heavy atom. The van der Waals surface area contributed by atoms with Crippen molar-refractivity contribution < 1.29 is 19.2 Å². The van der Waals surface area contributed by atoms with Crippen molar-refractivity contribution in [3.8, 4) is 0 Å². The lowest BCUT2D eigenvalue weighted by Gasteiger charge is -2.21. The van der Waals surface area contributed by atoms with E-state index in [1.165, 1.54) is 31.4 Å². The van der Waals surface area contributed by atoms with Crippen molar-refractivity contribution in [2.75, 3.05) is 31.1 Å². The second-order valence-corrected chi connectivity index (χ2v) is 7.54. The van der Waals surface area contributed by atoms with E-state index in [9.17, 15) is 19.7 Å². The van der Waals surface area contributed by atoms with Crippen LogP contribution in [0.4, 0.5) is 11.4 Å². The molecule has 1 aliphatic heterocycles. The van der Waals surface area contributed by atoms with Gasteiger partial charge in [-0.3, -0.25) is 14.9 Å². The first-order valence-electron chi connectivity index (χ1n) is 10.0. The van der Waals surface area contributed by atoms with Crippen molar-refractivity contribution in [2.45, 2.75) is 44.9 Å². The average molecular weight is 389 g/mol. The fourth-order valence-electron chi connectivity index (χ4n) is 3.94. The monoisotopic (exact) mass is 389 g/mol. The van der Waals surface area contributed by atoms with Crippen LogP contribution in [0.3, 0.4) is 0 Å². The Kier molecular flexibility index (Phi) is 6.84. The first-order valence-corrected chi connectivity index (χ1v) is 10.0. The number of nitro benzene ring substituents is 1. The van der Waals surface area contributed by atoms with Crippen molar-refractivity contribution in [1.29, 1.82) is 0 Å². The van der Waals surface area contributed by atoms with Gasteiger partial charge in [0.25, 0.3) is 11.6 Å². The maximum absolute atomic E-state index is 12.2. The van der Waals surface area contributed by atoms with E-state index in [1.807, 2.05) is 4.90 Å². The van der Waals surface area contributed by atoms with Crippen LogP contribution < -0.4 is 10.2 Å². The van der Waals surface area contributed by atoms with E-state index in [0.29, 0.717) is 18.2 Å². The van der Waals surface area contributed by atoms with Crippen molar-refractivity contribution >= 4 is 23.3 Å². The van der Waals surface area contributed by atoms with Gasteiger partial charge in [-0.15, -0.1) is 0 Å². The number of hydrogen-bond acceptors (Lipinski definition) is 6. The van der Waals surface area contributed by atoms with E-state index >= 15 is 0 Å². The van der Waals surface area contributed by atoms with Crippen LogP contribution in [0.1, 0.15) is 55.3 Å². The van der Waals surface area contributed by atoms with Gasteiger partial charge in [-0.25, -0.2) is 4.79 Å². The van der Waals surface area contributed by atoms with Crippen LogP contribution >= 0.6 is 0 Å². The van der Waals surface area contributed by atoms with Gasteiger partial charge in [-0.1, -0.05) is 19.3 Å². The molecular weight excluding hydrogens is 362 g/mol. The number of carbonyl (C=O) groups excluding carboxylic acids is 2. The van der Waals surface area contributed by atoms with E-state index in [2.05, 4.69) is 5.32 Å². The van der Waals surface area contributed by atoms with Gasteiger partial charge < -0.3 is 15.0 Å². The summed E-state index contributed by atoms with van der Waals surface area (Å²) in [6.45, 7) is 1.76. The summed E-state index contributed by atoms with van der Waals surface area (Å²) < 4.78 is 5.04. The molecule has 1 amide bonds. The number of nitro groups is 1. The molecule has 1 heterocycles. The quantitative estimate of drug-likeness (QED) is 0.437. The largest absolute Gasteiger partial charge is 0.452 e. The minimum Gasteiger partial charge on any atom is -0.452 e. The van der Waals surface area contributed by atoms with Crippen LogP contribution in [0.5, 0.6) is 0 Å². The number of amides is 1. The first kappa shape index (κ1) is 20.1. The second-order valence-electron chi connectivity index (χ2n) is 7.54. The summed E-state index contributed by atoms with van der Waals surface area (Å²) in [5, 5.41) is 14.2. The fourth-order valence-corrected chi connectivity index (χ4v) is 3.94. The van der Waals surface area contributed by atoms with Gasteiger partial charge in [0.05, 0.1) is 10.5 Å². The van der Waals surface area contributed by atoms with Gasteiger partial charge in [0.15, 0.2) is 6.61 Å². The summed E-state index contributed by atoms with van der Waals surface area (Å²) >= 11 is 0. The van der Waals surface area contributed by atoms with E-state index < -0.39 is 10.9 Å². The van der Waals surface area contributed by atoms with Crippen LogP contribution in [0, 0.1) is 16.0 Å². The molecule has 0 unspecified atom stereocenters. The molecule has 2 aliphatic rings. The van der Waals surface area contributed by atoms with Gasteiger partial charge in [-0.05, 0) is 43.7 Å². The molecule has 0 bridgehead atoms. The molecule has 0 atom stereocenters. The standard InChI is InChI=1S/C20H27N3O5/c24-19(21-13-15-6-2-1-3-7-15)14-28-20(25)16-8-9-17(18(12-16)23(26)27)22-10-4-5-11-22/h8-9,12,15H,1-7,10-11,13-14H2,(H,21,24). The van der Waals surface area contributed by atoms with Crippen LogP contribution in [-0.4, -0.2) is 43.0 Å². The van der Waals surface area contributed by atoms with Crippen molar-refractivity contribution in [1.82, 2.24) is 5.32 Å². The number of rotatable bonds is 7. The molecular formula is C20H27N3O5. The molecule has 0 spiro atoms. The van der Waals surface area contributed by atoms with Gasteiger partial charge >= 0.3 is 5.97 Å². The molecule has 0 aromatic heterocycles. The average Bonchev–Trinajstić information content (AvgIpc) is 3.25. The van der Waals surface area contributed by atoms with Gasteiger partial charge in [-0.2, -0.15) is 0 Å². The molecule has 0 radical (unpaired) electrons. The number of esters is 1. The van der Waals surface area contributed by atoms with Crippen molar-refractivity contribution in [2.24, 2.45) is 5.92 Å².